The summed E-state index contributed by atoms with van der Waals surface area (Å²) in [7, 11) is 2.87. The molecule has 0 spiro atoms. The van der Waals surface area contributed by atoms with E-state index in [1.165, 1.54) is 26.4 Å². The first kappa shape index (κ1) is 8.64. The predicted octanol–water partition coefficient (Wildman–Crippen LogP) is 1.43. The lowest BCUT2D eigenvalue weighted by Crippen LogP contribution is -1.97. The van der Waals surface area contributed by atoms with E-state index in [2.05, 4.69) is 0 Å². The predicted molar refractivity (Wildman–Crippen MR) is 43.9 cm³/mol. The number of nitrogens with two attached hydrogens (primary N) is 1. The van der Waals surface area contributed by atoms with Crippen molar-refractivity contribution in [2.24, 2.45) is 0 Å². The highest BCUT2D eigenvalue weighted by Crippen LogP contribution is 2.29. The molecule has 0 saturated heterocycles. The van der Waals surface area contributed by atoms with Gasteiger partial charge in [0.1, 0.15) is 17.2 Å². The molecule has 0 saturated carbocycles. The van der Waals surface area contributed by atoms with Gasteiger partial charge in [0, 0.05) is 12.1 Å². The maximum atomic E-state index is 12.9. The van der Waals surface area contributed by atoms with Crippen LogP contribution < -0.4 is 15.2 Å². The van der Waals surface area contributed by atoms with Crippen molar-refractivity contribution in [3.8, 4) is 11.5 Å². The molecular formula is C8H10FNO2. The van der Waals surface area contributed by atoms with Gasteiger partial charge in [-0.3, -0.25) is 0 Å². The van der Waals surface area contributed by atoms with E-state index >= 15 is 0 Å². The first-order chi connectivity index (χ1) is 5.69. The van der Waals surface area contributed by atoms with E-state index in [1.807, 2.05) is 0 Å². The zero-order valence-electron chi connectivity index (χ0n) is 6.93. The van der Waals surface area contributed by atoms with E-state index in [9.17, 15) is 4.39 Å². The fourth-order valence-corrected chi connectivity index (χ4v) is 0.856. The summed E-state index contributed by atoms with van der Waals surface area (Å²) in [5.41, 5.74) is 5.36. The van der Waals surface area contributed by atoms with Crippen LogP contribution in [0.15, 0.2) is 12.1 Å². The van der Waals surface area contributed by atoms with Crippen LogP contribution >= 0.6 is 0 Å². The van der Waals surface area contributed by atoms with Crippen molar-refractivity contribution in [2.45, 2.75) is 0 Å². The number of methoxy groups -OCH3 is 2. The van der Waals surface area contributed by atoms with Gasteiger partial charge < -0.3 is 15.2 Å². The van der Waals surface area contributed by atoms with E-state index in [1.54, 1.807) is 0 Å². The van der Waals surface area contributed by atoms with Crippen molar-refractivity contribution in [2.75, 3.05) is 20.0 Å². The number of benzene rings is 1. The number of ether oxygens (including phenoxy) is 2. The van der Waals surface area contributed by atoms with Crippen molar-refractivity contribution in [3.63, 3.8) is 0 Å². The molecule has 1 rings (SSSR count). The van der Waals surface area contributed by atoms with Crippen LogP contribution in [0.1, 0.15) is 0 Å². The zero-order valence-corrected chi connectivity index (χ0v) is 6.93. The van der Waals surface area contributed by atoms with Crippen LogP contribution in [0.25, 0.3) is 0 Å². The van der Waals surface area contributed by atoms with Crippen LogP contribution in [0.2, 0.25) is 0 Å². The molecule has 0 aliphatic rings. The second kappa shape index (κ2) is 3.30. The minimum absolute atomic E-state index is 0.00157. The number of rotatable bonds is 2. The second-order valence-electron chi connectivity index (χ2n) is 2.23. The zero-order chi connectivity index (χ0) is 9.14. The van der Waals surface area contributed by atoms with E-state index in [4.69, 9.17) is 15.2 Å². The van der Waals surface area contributed by atoms with Crippen molar-refractivity contribution < 1.29 is 13.9 Å². The highest BCUT2D eigenvalue weighted by atomic mass is 19.1. The minimum Gasteiger partial charge on any atom is -0.497 e. The molecule has 0 bridgehead atoms. The van der Waals surface area contributed by atoms with Crippen LogP contribution in [0.3, 0.4) is 0 Å². The summed E-state index contributed by atoms with van der Waals surface area (Å²) < 4.78 is 22.6. The van der Waals surface area contributed by atoms with Crippen molar-refractivity contribution in [3.05, 3.63) is 17.9 Å². The van der Waals surface area contributed by atoms with Crippen LogP contribution in [-0.2, 0) is 0 Å². The van der Waals surface area contributed by atoms with Gasteiger partial charge in [-0.15, -0.1) is 0 Å². The molecule has 0 unspecified atom stereocenters. The average Bonchev–Trinajstić information content (AvgIpc) is 2.09. The van der Waals surface area contributed by atoms with E-state index < -0.39 is 5.82 Å². The summed E-state index contributed by atoms with van der Waals surface area (Å²) >= 11 is 0. The quantitative estimate of drug-likeness (QED) is 0.684. The number of halogens is 1. The fourth-order valence-electron chi connectivity index (χ4n) is 0.856. The Morgan fingerprint density at radius 2 is 1.92 bits per heavy atom. The lowest BCUT2D eigenvalue weighted by Gasteiger charge is -2.07. The lowest BCUT2D eigenvalue weighted by molar-refractivity contribution is 0.390. The van der Waals surface area contributed by atoms with Gasteiger partial charge in [0.2, 0.25) is 0 Å². The molecule has 1 aromatic carbocycles. The fraction of sp³-hybridized carbons (Fsp3) is 0.250. The van der Waals surface area contributed by atoms with Crippen LogP contribution in [0.4, 0.5) is 10.1 Å². The second-order valence-corrected chi connectivity index (χ2v) is 2.23. The summed E-state index contributed by atoms with van der Waals surface area (Å²) in [6.45, 7) is 0. The van der Waals surface area contributed by atoms with Gasteiger partial charge in [0.15, 0.2) is 5.82 Å². The molecule has 12 heavy (non-hydrogen) atoms. The first-order valence-corrected chi connectivity index (χ1v) is 3.36. The van der Waals surface area contributed by atoms with Gasteiger partial charge in [-0.2, -0.15) is 0 Å². The van der Waals surface area contributed by atoms with E-state index in [-0.39, 0.29) is 11.4 Å². The van der Waals surface area contributed by atoms with Gasteiger partial charge in [0.05, 0.1) is 14.2 Å². The SMILES string of the molecule is COc1cc(F)c(N)c(OC)c1. The third kappa shape index (κ3) is 1.42. The normalized spacial score (nSPS) is 9.58. The van der Waals surface area contributed by atoms with Gasteiger partial charge in [-0.1, -0.05) is 0 Å². The average molecular weight is 171 g/mol. The number of hydrogen-bond acceptors (Lipinski definition) is 3. The Balaban J connectivity index is 3.19. The third-order valence-corrected chi connectivity index (χ3v) is 1.52. The van der Waals surface area contributed by atoms with E-state index in [0.29, 0.717) is 5.75 Å². The molecule has 0 atom stereocenters. The molecule has 0 heterocycles. The monoisotopic (exact) mass is 171 g/mol. The molecule has 0 aliphatic carbocycles. The standard InChI is InChI=1S/C8H10FNO2/c1-11-5-3-6(9)8(10)7(4-5)12-2/h3-4H,10H2,1-2H3. The topological polar surface area (TPSA) is 44.5 Å². The Hall–Kier alpha value is -1.45. The third-order valence-electron chi connectivity index (χ3n) is 1.52. The maximum absolute atomic E-state index is 12.9. The Morgan fingerprint density at radius 1 is 1.25 bits per heavy atom. The lowest BCUT2D eigenvalue weighted by atomic mass is 10.2. The number of anilines is 1. The molecule has 1 aromatic rings. The summed E-state index contributed by atoms with van der Waals surface area (Å²) in [6.07, 6.45) is 0. The van der Waals surface area contributed by atoms with Crippen molar-refractivity contribution in [1.29, 1.82) is 0 Å². The van der Waals surface area contributed by atoms with Gasteiger partial charge in [-0.05, 0) is 0 Å². The smallest absolute Gasteiger partial charge is 0.153 e. The molecule has 3 nitrogen and oxygen atoms in total. The highest BCUT2D eigenvalue weighted by Gasteiger charge is 2.07. The first-order valence-electron chi connectivity index (χ1n) is 3.36. The highest BCUT2D eigenvalue weighted by molar-refractivity contribution is 5.56. The molecule has 0 radical (unpaired) electrons. The van der Waals surface area contributed by atoms with Crippen LogP contribution in [0, 0.1) is 5.82 Å². The Morgan fingerprint density at radius 3 is 2.42 bits per heavy atom. The molecule has 2 N–H and O–H groups in total. The summed E-state index contributed by atoms with van der Waals surface area (Å²) in [5, 5.41) is 0. The Labute approximate surface area is 69.9 Å². The van der Waals surface area contributed by atoms with Gasteiger partial charge in [0.25, 0.3) is 0 Å². The summed E-state index contributed by atoms with van der Waals surface area (Å²) in [4.78, 5) is 0. The largest absolute Gasteiger partial charge is 0.497 e. The Bertz CT molecular complexity index is 289. The summed E-state index contributed by atoms with van der Waals surface area (Å²) in [6, 6.07) is 2.73. The van der Waals surface area contributed by atoms with Crippen LogP contribution in [-0.4, -0.2) is 14.2 Å². The molecule has 66 valence electrons. The molecule has 0 aliphatic heterocycles. The Kier molecular flexibility index (Phi) is 2.38. The van der Waals surface area contributed by atoms with Crippen molar-refractivity contribution in [1.82, 2.24) is 0 Å². The molecule has 4 heteroatoms. The molecule has 0 aromatic heterocycles. The van der Waals surface area contributed by atoms with Gasteiger partial charge >= 0.3 is 0 Å². The summed E-state index contributed by atoms with van der Waals surface area (Å²) in [5.74, 6) is 0.136. The van der Waals surface area contributed by atoms with E-state index in [0.717, 1.165) is 0 Å². The molecule has 0 fully saturated rings. The van der Waals surface area contributed by atoms with Crippen molar-refractivity contribution >= 4 is 5.69 Å². The number of nitrogen functional groups attached to an aromatic ring is 1. The maximum Gasteiger partial charge on any atom is 0.153 e. The number of hydrogen-bond donors (Lipinski definition) is 1. The molecule has 0 amide bonds. The van der Waals surface area contributed by atoms with Crippen LogP contribution in [0.5, 0.6) is 11.5 Å². The molecular weight excluding hydrogens is 161 g/mol. The minimum atomic E-state index is -0.536. The van der Waals surface area contributed by atoms with Gasteiger partial charge in [-0.25, -0.2) is 4.39 Å².